The van der Waals surface area contributed by atoms with Crippen LogP contribution in [0, 0.1) is 0 Å². The Bertz CT molecular complexity index is 1250. The highest BCUT2D eigenvalue weighted by molar-refractivity contribution is 6.30. The lowest BCUT2D eigenvalue weighted by Crippen LogP contribution is -2.22. The van der Waals surface area contributed by atoms with Crippen LogP contribution in [0.5, 0.6) is 0 Å². The summed E-state index contributed by atoms with van der Waals surface area (Å²) in [6, 6.07) is 22.5. The van der Waals surface area contributed by atoms with Gasteiger partial charge in [0.1, 0.15) is 0 Å². The standard InChI is InChI=1S/C23H19ClN4O/c1-2-16-6-5-7-19(14-16)28-22(29)20-8-3-4-9-21(20)26-23(28)27-25-15-17-10-12-18(24)13-11-17/h3-15H,2H2,1H3,(H,26,27)/b25-15+. The van der Waals surface area contributed by atoms with Crippen molar-refractivity contribution in [1.29, 1.82) is 0 Å². The van der Waals surface area contributed by atoms with Gasteiger partial charge in [-0.25, -0.2) is 15.0 Å². The molecule has 0 aliphatic rings. The number of halogens is 1. The molecule has 0 radical (unpaired) electrons. The van der Waals surface area contributed by atoms with Crippen LogP contribution in [-0.4, -0.2) is 15.8 Å². The van der Waals surface area contributed by atoms with Crippen LogP contribution < -0.4 is 11.0 Å². The number of para-hydroxylation sites is 1. The molecule has 4 aromatic rings. The van der Waals surface area contributed by atoms with Crippen molar-refractivity contribution in [2.24, 2.45) is 5.10 Å². The zero-order chi connectivity index (χ0) is 20.2. The van der Waals surface area contributed by atoms with E-state index in [2.05, 4.69) is 22.4 Å². The lowest BCUT2D eigenvalue weighted by molar-refractivity contribution is 0.951. The van der Waals surface area contributed by atoms with Gasteiger partial charge in [-0.2, -0.15) is 5.10 Å². The summed E-state index contributed by atoms with van der Waals surface area (Å²) in [5.74, 6) is 0.354. The van der Waals surface area contributed by atoms with Gasteiger partial charge in [0, 0.05) is 5.02 Å². The quantitative estimate of drug-likeness (QED) is 0.375. The number of hydrazone groups is 1. The summed E-state index contributed by atoms with van der Waals surface area (Å²) in [6.07, 6.45) is 2.53. The van der Waals surface area contributed by atoms with Gasteiger partial charge < -0.3 is 0 Å². The van der Waals surface area contributed by atoms with E-state index in [-0.39, 0.29) is 5.56 Å². The van der Waals surface area contributed by atoms with Gasteiger partial charge in [-0.1, -0.05) is 54.9 Å². The first-order valence-corrected chi connectivity index (χ1v) is 9.69. The molecule has 0 aliphatic heterocycles. The fourth-order valence-corrected chi connectivity index (χ4v) is 3.20. The predicted molar refractivity (Wildman–Crippen MR) is 119 cm³/mol. The first kappa shape index (κ1) is 18.9. The van der Waals surface area contributed by atoms with E-state index in [0.717, 1.165) is 23.2 Å². The highest BCUT2D eigenvalue weighted by atomic mass is 35.5. The molecule has 4 rings (SSSR count). The molecule has 0 aliphatic carbocycles. The summed E-state index contributed by atoms with van der Waals surface area (Å²) in [7, 11) is 0. The van der Waals surface area contributed by atoms with E-state index in [9.17, 15) is 4.79 Å². The van der Waals surface area contributed by atoms with Crippen molar-refractivity contribution in [2.45, 2.75) is 13.3 Å². The number of benzene rings is 3. The number of fused-ring (bicyclic) bond motifs is 1. The Kier molecular flexibility index (Phi) is 5.40. The van der Waals surface area contributed by atoms with Gasteiger partial charge in [-0.15, -0.1) is 0 Å². The summed E-state index contributed by atoms with van der Waals surface area (Å²) in [5.41, 5.74) is 6.17. The van der Waals surface area contributed by atoms with Crippen molar-refractivity contribution in [2.75, 3.05) is 5.43 Å². The summed E-state index contributed by atoms with van der Waals surface area (Å²) in [4.78, 5) is 17.9. The van der Waals surface area contributed by atoms with Crippen LogP contribution in [0.4, 0.5) is 5.95 Å². The van der Waals surface area contributed by atoms with E-state index in [4.69, 9.17) is 11.6 Å². The van der Waals surface area contributed by atoms with Crippen LogP contribution in [0.25, 0.3) is 16.6 Å². The number of nitrogens with one attached hydrogen (secondary N) is 1. The second-order valence-corrected chi connectivity index (χ2v) is 6.97. The molecule has 0 bridgehead atoms. The zero-order valence-electron chi connectivity index (χ0n) is 15.8. The summed E-state index contributed by atoms with van der Waals surface area (Å²) in [5, 5.41) is 5.50. The van der Waals surface area contributed by atoms with Gasteiger partial charge in [0.2, 0.25) is 5.95 Å². The first-order valence-electron chi connectivity index (χ1n) is 9.31. The monoisotopic (exact) mass is 402 g/mol. The topological polar surface area (TPSA) is 59.3 Å². The summed E-state index contributed by atoms with van der Waals surface area (Å²) < 4.78 is 1.56. The van der Waals surface area contributed by atoms with E-state index in [1.54, 1.807) is 29.0 Å². The van der Waals surface area contributed by atoms with Gasteiger partial charge in [0.25, 0.3) is 5.56 Å². The van der Waals surface area contributed by atoms with E-state index in [1.165, 1.54) is 0 Å². The maximum absolute atomic E-state index is 13.2. The van der Waals surface area contributed by atoms with Gasteiger partial charge in [0.15, 0.2) is 0 Å². The Morgan fingerprint density at radius 1 is 1.07 bits per heavy atom. The fraction of sp³-hybridized carbons (Fsp3) is 0.0870. The van der Waals surface area contributed by atoms with Crippen LogP contribution in [0.15, 0.2) is 82.7 Å². The maximum atomic E-state index is 13.2. The lowest BCUT2D eigenvalue weighted by Gasteiger charge is -2.13. The van der Waals surface area contributed by atoms with Crippen molar-refractivity contribution >= 4 is 34.7 Å². The molecule has 0 fully saturated rings. The van der Waals surface area contributed by atoms with Crippen molar-refractivity contribution in [3.8, 4) is 5.69 Å². The number of nitrogens with zero attached hydrogens (tertiary/aromatic N) is 3. The molecular formula is C23H19ClN4O. The van der Waals surface area contributed by atoms with Crippen LogP contribution in [0.3, 0.4) is 0 Å². The third-order valence-corrected chi connectivity index (χ3v) is 4.85. The normalized spacial score (nSPS) is 11.2. The van der Waals surface area contributed by atoms with Gasteiger partial charge in [0.05, 0.1) is 22.8 Å². The zero-order valence-corrected chi connectivity index (χ0v) is 16.6. The third kappa shape index (κ3) is 4.05. The molecule has 0 saturated heterocycles. The predicted octanol–water partition coefficient (Wildman–Crippen LogP) is 5.05. The second kappa shape index (κ2) is 8.29. The molecule has 1 N–H and O–H groups in total. The third-order valence-electron chi connectivity index (χ3n) is 4.60. The molecule has 29 heavy (non-hydrogen) atoms. The molecule has 6 heteroatoms. The van der Waals surface area contributed by atoms with E-state index >= 15 is 0 Å². The number of hydrogen-bond acceptors (Lipinski definition) is 4. The Morgan fingerprint density at radius 3 is 2.66 bits per heavy atom. The molecule has 0 atom stereocenters. The molecule has 5 nitrogen and oxygen atoms in total. The van der Waals surface area contributed by atoms with E-state index in [0.29, 0.717) is 21.9 Å². The molecule has 1 aromatic heterocycles. The molecule has 144 valence electrons. The highest BCUT2D eigenvalue weighted by Gasteiger charge is 2.12. The van der Waals surface area contributed by atoms with Crippen molar-refractivity contribution in [1.82, 2.24) is 9.55 Å². The number of anilines is 1. The summed E-state index contributed by atoms with van der Waals surface area (Å²) >= 11 is 5.92. The molecule has 1 heterocycles. The van der Waals surface area contributed by atoms with Gasteiger partial charge in [-0.05, 0) is 53.9 Å². The minimum atomic E-state index is -0.145. The number of hydrogen-bond donors (Lipinski definition) is 1. The maximum Gasteiger partial charge on any atom is 0.267 e. The molecular weight excluding hydrogens is 384 g/mol. The summed E-state index contributed by atoms with van der Waals surface area (Å²) in [6.45, 7) is 2.08. The Balaban J connectivity index is 1.80. The highest BCUT2D eigenvalue weighted by Crippen LogP contribution is 2.18. The smallest absolute Gasteiger partial charge is 0.267 e. The van der Waals surface area contributed by atoms with Crippen LogP contribution in [0.1, 0.15) is 18.1 Å². The van der Waals surface area contributed by atoms with E-state index < -0.39 is 0 Å². The van der Waals surface area contributed by atoms with Crippen LogP contribution >= 0.6 is 11.6 Å². The number of rotatable bonds is 5. The SMILES string of the molecule is CCc1cccc(-n2c(N/N=C/c3ccc(Cl)cc3)nc3ccccc3c2=O)c1. The van der Waals surface area contributed by atoms with Crippen LogP contribution in [-0.2, 0) is 6.42 Å². The average Bonchev–Trinajstić information content (AvgIpc) is 2.75. The lowest BCUT2D eigenvalue weighted by atomic mass is 10.1. The number of aryl methyl sites for hydroxylation is 1. The molecule has 0 saturated carbocycles. The largest absolute Gasteiger partial charge is 0.268 e. The average molecular weight is 403 g/mol. The Hall–Kier alpha value is -3.44. The molecule has 0 amide bonds. The Labute approximate surface area is 173 Å². The first-order chi connectivity index (χ1) is 14.2. The van der Waals surface area contributed by atoms with Crippen molar-refractivity contribution in [3.05, 3.63) is 99.3 Å². The van der Waals surface area contributed by atoms with Crippen molar-refractivity contribution < 1.29 is 0 Å². The fourth-order valence-electron chi connectivity index (χ4n) is 3.08. The van der Waals surface area contributed by atoms with Crippen molar-refractivity contribution in [3.63, 3.8) is 0 Å². The molecule has 3 aromatic carbocycles. The minimum Gasteiger partial charge on any atom is -0.268 e. The van der Waals surface area contributed by atoms with Gasteiger partial charge >= 0.3 is 0 Å². The van der Waals surface area contributed by atoms with E-state index in [1.807, 2.05) is 54.6 Å². The molecule has 0 unspecified atom stereocenters. The minimum absolute atomic E-state index is 0.145. The number of aromatic nitrogens is 2. The van der Waals surface area contributed by atoms with Crippen LogP contribution in [0.2, 0.25) is 5.02 Å². The Morgan fingerprint density at radius 2 is 1.86 bits per heavy atom. The molecule has 0 spiro atoms. The second-order valence-electron chi connectivity index (χ2n) is 6.54. The van der Waals surface area contributed by atoms with Gasteiger partial charge in [-0.3, -0.25) is 4.79 Å².